The first-order chi connectivity index (χ1) is 8.76. The van der Waals surface area contributed by atoms with Gasteiger partial charge < -0.3 is 20.0 Å². The van der Waals surface area contributed by atoms with Gasteiger partial charge in [0.2, 0.25) is 18.2 Å². The Morgan fingerprint density at radius 3 is 1.72 bits per heavy atom. The van der Waals surface area contributed by atoms with E-state index in [0.29, 0.717) is 25.0 Å². The molecule has 18 heavy (non-hydrogen) atoms. The summed E-state index contributed by atoms with van der Waals surface area (Å²) in [5.41, 5.74) is 0. The van der Waals surface area contributed by atoms with Crippen LogP contribution in [0.1, 0.15) is 26.7 Å². The van der Waals surface area contributed by atoms with Gasteiger partial charge in [-0.2, -0.15) is 15.0 Å². The zero-order valence-electron chi connectivity index (χ0n) is 10.9. The number of anilines is 2. The van der Waals surface area contributed by atoms with Gasteiger partial charge >= 0.3 is 0 Å². The summed E-state index contributed by atoms with van der Waals surface area (Å²) in [5.74, 6) is 0.748. The molecule has 0 bridgehead atoms. The van der Waals surface area contributed by atoms with E-state index < -0.39 is 0 Å². The molecule has 7 nitrogen and oxygen atoms in total. The van der Waals surface area contributed by atoms with Crippen molar-refractivity contribution >= 4 is 11.9 Å². The lowest BCUT2D eigenvalue weighted by Crippen LogP contribution is -2.30. The normalized spacial score (nSPS) is 10.4. The van der Waals surface area contributed by atoms with E-state index in [0.717, 1.165) is 12.8 Å². The van der Waals surface area contributed by atoms with Gasteiger partial charge in [-0.15, -0.1) is 0 Å². The summed E-state index contributed by atoms with van der Waals surface area (Å²) in [6, 6.07) is 0. The minimum absolute atomic E-state index is 0.155. The molecule has 1 rings (SSSR count). The Morgan fingerprint density at radius 1 is 0.944 bits per heavy atom. The van der Waals surface area contributed by atoms with E-state index in [9.17, 15) is 10.2 Å². The number of hydrogen-bond acceptors (Lipinski definition) is 7. The van der Waals surface area contributed by atoms with E-state index in [2.05, 4.69) is 21.3 Å². The summed E-state index contributed by atoms with van der Waals surface area (Å²) in [5, 5.41) is 18.5. The molecule has 7 heteroatoms. The van der Waals surface area contributed by atoms with Gasteiger partial charge in [0, 0.05) is 13.1 Å². The standard InChI is InChI=1S/C11H20N5O2/c1-3-5-15(8-17)10-12-7-13-11(14-10)16(9-18)6-4-2/h17-18H,3-6,8-9H2,1-2H3. The number of aliphatic hydroxyl groups excluding tert-OH is 2. The van der Waals surface area contributed by atoms with Gasteiger partial charge in [0.15, 0.2) is 0 Å². The average Bonchev–Trinajstić information content (AvgIpc) is 2.42. The molecule has 0 amide bonds. The molecule has 0 atom stereocenters. The van der Waals surface area contributed by atoms with Crippen LogP contribution in [0.3, 0.4) is 0 Å². The SMILES string of the molecule is CCCN(CO)c1n[c]nc(N(CO)CCC)n1. The Hall–Kier alpha value is -1.47. The van der Waals surface area contributed by atoms with Crippen LogP contribution in [0.25, 0.3) is 0 Å². The Balaban J connectivity index is 2.89. The van der Waals surface area contributed by atoms with Gasteiger partial charge in [-0.25, -0.2) is 0 Å². The maximum atomic E-state index is 9.25. The monoisotopic (exact) mass is 254 g/mol. The van der Waals surface area contributed by atoms with Crippen molar-refractivity contribution in [3.63, 3.8) is 0 Å². The Labute approximate surface area is 107 Å². The molecule has 1 aromatic heterocycles. The van der Waals surface area contributed by atoms with E-state index in [1.54, 1.807) is 9.80 Å². The lowest BCUT2D eigenvalue weighted by molar-refractivity contribution is 0.285. The van der Waals surface area contributed by atoms with Crippen molar-refractivity contribution in [1.29, 1.82) is 0 Å². The molecule has 0 aliphatic carbocycles. The second kappa shape index (κ2) is 7.78. The van der Waals surface area contributed by atoms with Crippen molar-refractivity contribution in [2.24, 2.45) is 0 Å². The molecule has 101 valence electrons. The Morgan fingerprint density at radius 2 is 1.39 bits per heavy atom. The number of hydrogen-bond donors (Lipinski definition) is 2. The molecule has 0 aliphatic rings. The van der Waals surface area contributed by atoms with Crippen LogP contribution in [0.2, 0.25) is 0 Å². The van der Waals surface area contributed by atoms with Crippen molar-refractivity contribution in [1.82, 2.24) is 15.0 Å². The summed E-state index contributed by atoms with van der Waals surface area (Å²) < 4.78 is 0. The van der Waals surface area contributed by atoms with Gasteiger partial charge in [-0.05, 0) is 12.8 Å². The predicted molar refractivity (Wildman–Crippen MR) is 68.1 cm³/mol. The van der Waals surface area contributed by atoms with E-state index in [-0.39, 0.29) is 13.5 Å². The summed E-state index contributed by atoms with van der Waals surface area (Å²) >= 11 is 0. The van der Waals surface area contributed by atoms with E-state index in [4.69, 9.17) is 0 Å². The highest BCUT2D eigenvalue weighted by Gasteiger charge is 2.12. The van der Waals surface area contributed by atoms with Crippen LogP contribution in [0.5, 0.6) is 0 Å². The third-order valence-corrected chi connectivity index (χ3v) is 2.39. The van der Waals surface area contributed by atoms with Crippen molar-refractivity contribution in [2.75, 3.05) is 36.4 Å². The maximum absolute atomic E-state index is 9.25. The molecular formula is C11H20N5O2. The predicted octanol–water partition coefficient (Wildman–Crippen LogP) is 0.00419. The third-order valence-electron chi connectivity index (χ3n) is 2.39. The van der Waals surface area contributed by atoms with Crippen LogP contribution < -0.4 is 9.80 Å². The molecule has 1 heterocycles. The third kappa shape index (κ3) is 3.78. The minimum Gasteiger partial charge on any atom is -0.376 e. The van der Waals surface area contributed by atoms with Crippen molar-refractivity contribution in [3.8, 4) is 0 Å². The second-order valence-corrected chi connectivity index (χ2v) is 3.85. The molecule has 0 aromatic carbocycles. The van der Waals surface area contributed by atoms with Crippen LogP contribution >= 0.6 is 0 Å². The van der Waals surface area contributed by atoms with Crippen molar-refractivity contribution in [2.45, 2.75) is 26.7 Å². The number of aromatic nitrogens is 3. The first-order valence-corrected chi connectivity index (χ1v) is 6.10. The first-order valence-electron chi connectivity index (χ1n) is 6.10. The molecule has 1 radical (unpaired) electrons. The number of rotatable bonds is 8. The Kier molecular flexibility index (Phi) is 6.31. The van der Waals surface area contributed by atoms with Gasteiger partial charge in [-0.1, -0.05) is 13.8 Å². The average molecular weight is 254 g/mol. The Bertz CT molecular complexity index is 321. The van der Waals surface area contributed by atoms with E-state index in [1.807, 2.05) is 13.8 Å². The molecule has 0 aliphatic heterocycles. The molecule has 0 spiro atoms. The summed E-state index contributed by atoms with van der Waals surface area (Å²) in [7, 11) is 0. The van der Waals surface area contributed by atoms with Gasteiger partial charge in [0.25, 0.3) is 0 Å². The summed E-state index contributed by atoms with van der Waals surface area (Å²) in [6.45, 7) is 5.01. The fraction of sp³-hybridized carbons (Fsp3) is 0.727. The quantitative estimate of drug-likeness (QED) is 0.632. The summed E-state index contributed by atoms with van der Waals surface area (Å²) in [4.78, 5) is 15.3. The van der Waals surface area contributed by atoms with E-state index in [1.165, 1.54) is 0 Å². The molecule has 1 aromatic rings. The molecular weight excluding hydrogens is 234 g/mol. The highest BCUT2D eigenvalue weighted by atomic mass is 16.3. The van der Waals surface area contributed by atoms with Gasteiger partial charge in [0.05, 0.1) is 0 Å². The molecule has 0 saturated heterocycles. The lowest BCUT2D eigenvalue weighted by atomic mass is 10.4. The lowest BCUT2D eigenvalue weighted by Gasteiger charge is -2.22. The molecule has 2 N–H and O–H groups in total. The smallest absolute Gasteiger partial charge is 0.232 e. The maximum Gasteiger partial charge on any atom is 0.232 e. The van der Waals surface area contributed by atoms with E-state index >= 15 is 0 Å². The summed E-state index contributed by atoms with van der Waals surface area (Å²) in [6.07, 6.45) is 4.26. The zero-order chi connectivity index (χ0) is 13.4. The fourth-order valence-corrected chi connectivity index (χ4v) is 1.54. The second-order valence-electron chi connectivity index (χ2n) is 3.85. The number of aliphatic hydroxyl groups is 2. The van der Waals surface area contributed by atoms with Gasteiger partial charge in [0.1, 0.15) is 13.5 Å². The highest BCUT2D eigenvalue weighted by Crippen LogP contribution is 2.11. The fourth-order valence-electron chi connectivity index (χ4n) is 1.54. The first kappa shape index (κ1) is 14.6. The number of nitrogens with zero attached hydrogens (tertiary/aromatic N) is 5. The highest BCUT2D eigenvalue weighted by molar-refractivity contribution is 5.36. The largest absolute Gasteiger partial charge is 0.376 e. The van der Waals surface area contributed by atoms with Gasteiger partial charge in [-0.3, -0.25) is 0 Å². The van der Waals surface area contributed by atoms with Crippen LogP contribution in [0.15, 0.2) is 0 Å². The zero-order valence-corrected chi connectivity index (χ0v) is 10.9. The minimum atomic E-state index is -0.155. The van der Waals surface area contributed by atoms with Crippen LogP contribution in [-0.2, 0) is 0 Å². The van der Waals surface area contributed by atoms with Crippen LogP contribution in [0, 0.1) is 6.33 Å². The van der Waals surface area contributed by atoms with Crippen molar-refractivity contribution < 1.29 is 10.2 Å². The molecule has 0 unspecified atom stereocenters. The van der Waals surface area contributed by atoms with Crippen LogP contribution in [0.4, 0.5) is 11.9 Å². The van der Waals surface area contributed by atoms with Crippen molar-refractivity contribution in [3.05, 3.63) is 6.33 Å². The molecule has 0 saturated carbocycles. The van der Waals surface area contributed by atoms with Crippen LogP contribution in [-0.4, -0.2) is 51.7 Å². The molecule has 0 fully saturated rings. The topological polar surface area (TPSA) is 85.6 Å².